The molecular weight excluding hydrogens is 250 g/mol. The van der Waals surface area contributed by atoms with Gasteiger partial charge in [0.2, 0.25) is 0 Å². The summed E-state index contributed by atoms with van der Waals surface area (Å²) in [6.45, 7) is 3.86. The summed E-state index contributed by atoms with van der Waals surface area (Å²) in [6.07, 6.45) is 0.996. The monoisotopic (exact) mass is 269 g/mol. The van der Waals surface area contributed by atoms with Gasteiger partial charge >= 0.3 is 0 Å². The molecule has 2 aromatic rings. The molecule has 0 aromatic heterocycles. The van der Waals surface area contributed by atoms with Crippen molar-refractivity contribution in [1.29, 1.82) is 0 Å². The van der Waals surface area contributed by atoms with Crippen LogP contribution in [-0.4, -0.2) is 18.3 Å². The lowest BCUT2D eigenvalue weighted by Crippen LogP contribution is -2.18. The van der Waals surface area contributed by atoms with E-state index in [1.54, 1.807) is 0 Å². The maximum Gasteiger partial charge on any atom is 0.142 e. The van der Waals surface area contributed by atoms with Gasteiger partial charge in [-0.2, -0.15) is 0 Å². The minimum absolute atomic E-state index is 0.0841. The van der Waals surface area contributed by atoms with Crippen LogP contribution < -0.4 is 9.64 Å². The smallest absolute Gasteiger partial charge is 0.142 e. The predicted molar refractivity (Wildman–Crippen MR) is 80.7 cm³/mol. The molecule has 0 unspecified atom stereocenters. The van der Waals surface area contributed by atoms with Crippen molar-refractivity contribution in [3.63, 3.8) is 0 Å². The summed E-state index contributed by atoms with van der Waals surface area (Å²) in [5.74, 6) is 0.940. The van der Waals surface area contributed by atoms with Crippen molar-refractivity contribution in [2.75, 3.05) is 18.1 Å². The lowest BCUT2D eigenvalue weighted by atomic mass is 10.1. The van der Waals surface area contributed by atoms with Crippen molar-refractivity contribution in [2.45, 2.75) is 20.0 Å². The van der Waals surface area contributed by atoms with E-state index in [9.17, 15) is 5.11 Å². The van der Waals surface area contributed by atoms with Crippen molar-refractivity contribution in [2.24, 2.45) is 0 Å². The van der Waals surface area contributed by atoms with Gasteiger partial charge in [-0.15, -0.1) is 0 Å². The zero-order valence-corrected chi connectivity index (χ0v) is 11.7. The molecule has 0 atom stereocenters. The summed E-state index contributed by atoms with van der Waals surface area (Å²) >= 11 is 0. The average Bonchev–Trinajstić information content (AvgIpc) is 2.69. The number of fused-ring (bicyclic) bond motifs is 1. The second-order valence-electron chi connectivity index (χ2n) is 5.10. The Labute approximate surface area is 119 Å². The first-order chi connectivity index (χ1) is 9.79. The van der Waals surface area contributed by atoms with Crippen LogP contribution in [-0.2, 0) is 6.61 Å². The summed E-state index contributed by atoms with van der Waals surface area (Å²) in [5, 5.41) is 9.23. The van der Waals surface area contributed by atoms with Gasteiger partial charge in [-0.25, -0.2) is 0 Å². The summed E-state index contributed by atoms with van der Waals surface area (Å²) < 4.78 is 5.80. The van der Waals surface area contributed by atoms with Gasteiger partial charge in [0.05, 0.1) is 18.9 Å². The number of benzene rings is 2. The van der Waals surface area contributed by atoms with E-state index in [4.69, 9.17) is 4.74 Å². The van der Waals surface area contributed by atoms with Crippen LogP contribution in [0, 0.1) is 6.92 Å². The highest BCUT2D eigenvalue weighted by Crippen LogP contribution is 2.37. The summed E-state index contributed by atoms with van der Waals surface area (Å²) in [5.41, 5.74) is 4.42. The van der Waals surface area contributed by atoms with Gasteiger partial charge < -0.3 is 14.7 Å². The van der Waals surface area contributed by atoms with Gasteiger partial charge in [0.1, 0.15) is 5.75 Å². The zero-order chi connectivity index (χ0) is 13.9. The van der Waals surface area contributed by atoms with Crippen molar-refractivity contribution in [1.82, 2.24) is 0 Å². The molecule has 1 N–H and O–H groups in total. The molecule has 0 saturated carbocycles. The lowest BCUT2D eigenvalue weighted by molar-refractivity contribution is 0.282. The summed E-state index contributed by atoms with van der Waals surface area (Å²) in [4.78, 5) is 2.30. The van der Waals surface area contributed by atoms with E-state index in [2.05, 4.69) is 24.0 Å². The molecule has 20 heavy (non-hydrogen) atoms. The molecule has 3 heteroatoms. The number of aliphatic hydroxyl groups is 1. The second kappa shape index (κ2) is 5.55. The molecule has 0 aliphatic carbocycles. The van der Waals surface area contributed by atoms with Crippen LogP contribution in [0.1, 0.15) is 17.5 Å². The molecule has 3 nitrogen and oxygen atoms in total. The predicted octanol–water partition coefficient (Wildman–Crippen LogP) is 3.41. The summed E-state index contributed by atoms with van der Waals surface area (Å²) in [7, 11) is 0. The van der Waals surface area contributed by atoms with Crippen molar-refractivity contribution in [3.8, 4) is 5.75 Å². The van der Waals surface area contributed by atoms with Gasteiger partial charge in [-0.1, -0.05) is 24.3 Å². The Morgan fingerprint density at radius 2 is 2.00 bits per heavy atom. The van der Waals surface area contributed by atoms with E-state index in [0.717, 1.165) is 36.6 Å². The van der Waals surface area contributed by atoms with Crippen LogP contribution >= 0.6 is 0 Å². The van der Waals surface area contributed by atoms with Gasteiger partial charge in [0, 0.05) is 12.2 Å². The molecule has 0 amide bonds. The molecule has 0 fully saturated rings. The molecule has 1 aliphatic rings. The first kappa shape index (κ1) is 13.0. The standard InChI is InChI=1S/C17H19NO2/c1-13-11-14(12-19)7-8-15(13)18-9-4-10-20-17-6-3-2-5-16(17)18/h2-3,5-8,11,19H,4,9-10,12H2,1H3. The van der Waals surface area contributed by atoms with E-state index < -0.39 is 0 Å². The first-order valence-corrected chi connectivity index (χ1v) is 6.99. The molecule has 0 bridgehead atoms. The molecule has 1 heterocycles. The Hall–Kier alpha value is -2.00. The van der Waals surface area contributed by atoms with E-state index >= 15 is 0 Å². The lowest BCUT2D eigenvalue weighted by Gasteiger charge is -2.26. The number of ether oxygens (including phenoxy) is 1. The molecule has 0 spiro atoms. The van der Waals surface area contributed by atoms with Crippen LogP contribution in [0.15, 0.2) is 42.5 Å². The van der Waals surface area contributed by atoms with Crippen LogP contribution in [0.4, 0.5) is 11.4 Å². The number of rotatable bonds is 2. The fourth-order valence-electron chi connectivity index (χ4n) is 2.70. The number of hydrogen-bond donors (Lipinski definition) is 1. The number of aliphatic hydroxyl groups excluding tert-OH is 1. The fraction of sp³-hybridized carbons (Fsp3) is 0.294. The minimum atomic E-state index is 0.0841. The molecular formula is C17H19NO2. The molecule has 0 saturated heterocycles. The normalized spacial score (nSPS) is 14.4. The van der Waals surface area contributed by atoms with Gasteiger partial charge in [0.15, 0.2) is 0 Å². The Morgan fingerprint density at radius 1 is 1.15 bits per heavy atom. The van der Waals surface area contributed by atoms with Crippen molar-refractivity contribution >= 4 is 11.4 Å². The number of anilines is 2. The van der Waals surface area contributed by atoms with Crippen molar-refractivity contribution in [3.05, 3.63) is 53.6 Å². The minimum Gasteiger partial charge on any atom is -0.491 e. The summed E-state index contributed by atoms with van der Waals surface area (Å²) in [6, 6.07) is 14.3. The van der Waals surface area contributed by atoms with Crippen LogP contribution in [0.5, 0.6) is 5.75 Å². The third-order valence-corrected chi connectivity index (χ3v) is 3.67. The quantitative estimate of drug-likeness (QED) is 0.907. The van der Waals surface area contributed by atoms with Gasteiger partial charge in [-0.05, 0) is 42.7 Å². The second-order valence-corrected chi connectivity index (χ2v) is 5.10. The molecule has 2 aromatic carbocycles. The number of hydrogen-bond acceptors (Lipinski definition) is 3. The molecule has 3 rings (SSSR count). The maximum atomic E-state index is 9.23. The highest BCUT2D eigenvalue weighted by Gasteiger charge is 2.18. The number of nitrogens with zero attached hydrogens (tertiary/aromatic N) is 1. The zero-order valence-electron chi connectivity index (χ0n) is 11.7. The molecule has 0 radical (unpaired) electrons. The topological polar surface area (TPSA) is 32.7 Å². The Morgan fingerprint density at radius 3 is 2.80 bits per heavy atom. The Bertz CT molecular complexity index is 610. The highest BCUT2D eigenvalue weighted by atomic mass is 16.5. The Kier molecular flexibility index (Phi) is 3.61. The van der Waals surface area contributed by atoms with Crippen LogP contribution in [0.2, 0.25) is 0 Å². The third-order valence-electron chi connectivity index (χ3n) is 3.67. The first-order valence-electron chi connectivity index (χ1n) is 6.99. The van der Waals surface area contributed by atoms with Gasteiger partial charge in [-0.3, -0.25) is 0 Å². The van der Waals surface area contributed by atoms with Gasteiger partial charge in [0.25, 0.3) is 0 Å². The largest absolute Gasteiger partial charge is 0.491 e. The highest BCUT2D eigenvalue weighted by molar-refractivity contribution is 5.71. The number of aryl methyl sites for hydroxylation is 1. The van der Waals surface area contributed by atoms with E-state index in [-0.39, 0.29) is 6.61 Å². The fourth-order valence-corrected chi connectivity index (χ4v) is 2.70. The SMILES string of the molecule is Cc1cc(CO)ccc1N1CCCOc2ccccc21. The van der Waals surface area contributed by atoms with E-state index in [1.165, 1.54) is 11.3 Å². The van der Waals surface area contributed by atoms with E-state index in [0.29, 0.717) is 0 Å². The molecule has 1 aliphatic heterocycles. The molecule has 104 valence electrons. The van der Waals surface area contributed by atoms with Crippen LogP contribution in [0.3, 0.4) is 0 Å². The van der Waals surface area contributed by atoms with Crippen LogP contribution in [0.25, 0.3) is 0 Å². The Balaban J connectivity index is 2.05. The van der Waals surface area contributed by atoms with E-state index in [1.807, 2.05) is 30.3 Å². The maximum absolute atomic E-state index is 9.23. The number of para-hydroxylation sites is 2. The third kappa shape index (κ3) is 2.37. The van der Waals surface area contributed by atoms with Crippen molar-refractivity contribution < 1.29 is 9.84 Å². The average molecular weight is 269 g/mol.